The van der Waals surface area contributed by atoms with Crippen LogP contribution in [0.1, 0.15) is 31.8 Å². The summed E-state index contributed by atoms with van der Waals surface area (Å²) in [6, 6.07) is 14.5. The van der Waals surface area contributed by atoms with Crippen molar-refractivity contribution in [2.45, 2.75) is 0 Å². The Morgan fingerprint density at radius 3 is 1.77 bits per heavy atom. The monoisotopic (exact) mass is 296 g/mol. The Morgan fingerprint density at radius 1 is 0.773 bits per heavy atom. The van der Waals surface area contributed by atoms with Crippen LogP contribution in [0.5, 0.6) is 0 Å². The van der Waals surface area contributed by atoms with E-state index in [4.69, 9.17) is 9.47 Å². The number of hydrogen-bond acceptors (Lipinski definition) is 4. The van der Waals surface area contributed by atoms with Gasteiger partial charge >= 0.3 is 11.9 Å². The molecule has 0 unspecified atom stereocenters. The molecule has 0 saturated carbocycles. The first kappa shape index (κ1) is 15.5. The molecule has 22 heavy (non-hydrogen) atoms. The molecule has 0 N–H and O–H groups in total. The lowest BCUT2D eigenvalue weighted by molar-refractivity contribution is 0.0599. The fourth-order valence-electron chi connectivity index (χ4n) is 1.98. The van der Waals surface area contributed by atoms with E-state index in [2.05, 4.69) is 0 Å². The molecule has 0 amide bonds. The third-order valence-corrected chi connectivity index (χ3v) is 3.07. The summed E-state index contributed by atoms with van der Waals surface area (Å²) in [7, 11) is 2.60. The van der Waals surface area contributed by atoms with Gasteiger partial charge in [-0.25, -0.2) is 9.59 Å². The van der Waals surface area contributed by atoms with Gasteiger partial charge in [0.1, 0.15) is 0 Å². The number of rotatable bonds is 4. The zero-order valence-corrected chi connectivity index (χ0v) is 12.4. The third-order valence-electron chi connectivity index (χ3n) is 3.07. The number of ether oxygens (including phenoxy) is 2. The second-order valence-electron chi connectivity index (χ2n) is 4.57. The van der Waals surface area contributed by atoms with E-state index in [1.54, 1.807) is 12.1 Å². The summed E-state index contributed by atoms with van der Waals surface area (Å²) < 4.78 is 9.41. The lowest BCUT2D eigenvalue weighted by atomic mass is 10.0. The molecule has 2 rings (SSSR count). The van der Waals surface area contributed by atoms with Gasteiger partial charge in [0.25, 0.3) is 0 Å². The predicted molar refractivity (Wildman–Crippen MR) is 84.5 cm³/mol. The van der Waals surface area contributed by atoms with Crippen molar-refractivity contribution in [3.63, 3.8) is 0 Å². The SMILES string of the molecule is COC(=O)c1cc(C=Cc2ccccc2)cc(C(=O)OC)c1. The first-order valence-corrected chi connectivity index (χ1v) is 6.69. The van der Waals surface area contributed by atoms with E-state index >= 15 is 0 Å². The van der Waals surface area contributed by atoms with Gasteiger partial charge < -0.3 is 9.47 Å². The van der Waals surface area contributed by atoms with Crippen LogP contribution in [0.15, 0.2) is 48.5 Å². The number of hydrogen-bond donors (Lipinski definition) is 0. The molecule has 0 fully saturated rings. The van der Waals surface area contributed by atoms with Gasteiger partial charge in [0, 0.05) is 0 Å². The number of carbonyl (C=O) groups excluding carboxylic acids is 2. The summed E-state index contributed by atoms with van der Waals surface area (Å²) in [5.41, 5.74) is 2.34. The van der Waals surface area contributed by atoms with Crippen molar-refractivity contribution < 1.29 is 19.1 Å². The minimum Gasteiger partial charge on any atom is -0.465 e. The molecule has 4 nitrogen and oxygen atoms in total. The first-order valence-electron chi connectivity index (χ1n) is 6.69. The molecule has 0 aliphatic carbocycles. The highest BCUT2D eigenvalue weighted by molar-refractivity contribution is 5.96. The second kappa shape index (κ2) is 7.22. The summed E-state index contributed by atoms with van der Waals surface area (Å²) in [6.45, 7) is 0. The van der Waals surface area contributed by atoms with Crippen LogP contribution in [-0.2, 0) is 9.47 Å². The molecule has 0 heterocycles. The number of carbonyl (C=O) groups is 2. The van der Waals surface area contributed by atoms with E-state index in [-0.39, 0.29) is 0 Å². The van der Waals surface area contributed by atoms with Gasteiger partial charge in [-0.05, 0) is 29.3 Å². The Balaban J connectivity index is 2.39. The van der Waals surface area contributed by atoms with Gasteiger partial charge in [0.15, 0.2) is 0 Å². The topological polar surface area (TPSA) is 52.6 Å². The summed E-state index contributed by atoms with van der Waals surface area (Å²) in [4.78, 5) is 23.4. The van der Waals surface area contributed by atoms with Gasteiger partial charge in [-0.2, -0.15) is 0 Å². The molecule has 0 atom stereocenters. The molecule has 2 aromatic rings. The molecule has 2 aromatic carbocycles. The van der Waals surface area contributed by atoms with Crippen LogP contribution >= 0.6 is 0 Å². The van der Waals surface area contributed by atoms with E-state index in [9.17, 15) is 9.59 Å². The largest absolute Gasteiger partial charge is 0.465 e. The Bertz CT molecular complexity index is 668. The van der Waals surface area contributed by atoms with E-state index in [1.807, 2.05) is 42.5 Å². The second-order valence-corrected chi connectivity index (χ2v) is 4.57. The van der Waals surface area contributed by atoms with Gasteiger partial charge in [-0.1, -0.05) is 42.5 Å². The fraction of sp³-hybridized carbons (Fsp3) is 0.111. The van der Waals surface area contributed by atoms with Crippen LogP contribution in [0.4, 0.5) is 0 Å². The lowest BCUT2D eigenvalue weighted by Crippen LogP contribution is -2.07. The van der Waals surface area contributed by atoms with Crippen molar-refractivity contribution in [3.8, 4) is 0 Å². The lowest BCUT2D eigenvalue weighted by Gasteiger charge is -2.05. The van der Waals surface area contributed by atoms with Crippen LogP contribution in [0.2, 0.25) is 0 Å². The number of esters is 2. The summed E-state index contributed by atoms with van der Waals surface area (Å²) >= 11 is 0. The molecule has 0 aliphatic rings. The average molecular weight is 296 g/mol. The van der Waals surface area contributed by atoms with Gasteiger partial charge in [-0.3, -0.25) is 0 Å². The van der Waals surface area contributed by atoms with Crippen LogP contribution < -0.4 is 0 Å². The predicted octanol–water partition coefficient (Wildman–Crippen LogP) is 3.43. The van der Waals surface area contributed by atoms with E-state index in [0.717, 1.165) is 5.56 Å². The van der Waals surface area contributed by atoms with Crippen molar-refractivity contribution in [1.29, 1.82) is 0 Å². The third kappa shape index (κ3) is 3.82. The molecular formula is C18H16O4. The van der Waals surface area contributed by atoms with Crippen LogP contribution in [-0.4, -0.2) is 26.2 Å². The highest BCUT2D eigenvalue weighted by Crippen LogP contribution is 2.15. The molecule has 0 spiro atoms. The van der Waals surface area contributed by atoms with Crippen LogP contribution in [0, 0.1) is 0 Å². The molecule has 4 heteroatoms. The van der Waals surface area contributed by atoms with E-state index < -0.39 is 11.9 Å². The highest BCUT2D eigenvalue weighted by Gasteiger charge is 2.12. The summed E-state index contributed by atoms with van der Waals surface area (Å²) in [5.74, 6) is -1.000. The highest BCUT2D eigenvalue weighted by atomic mass is 16.5. The maximum atomic E-state index is 11.7. The molecule has 0 bridgehead atoms. The van der Waals surface area contributed by atoms with E-state index in [1.165, 1.54) is 20.3 Å². The van der Waals surface area contributed by atoms with Crippen molar-refractivity contribution in [2.75, 3.05) is 14.2 Å². The molecule has 0 radical (unpaired) electrons. The molecule has 112 valence electrons. The van der Waals surface area contributed by atoms with Gasteiger partial charge in [-0.15, -0.1) is 0 Å². The smallest absolute Gasteiger partial charge is 0.337 e. The van der Waals surface area contributed by atoms with Crippen LogP contribution in [0.3, 0.4) is 0 Å². The summed E-state index contributed by atoms with van der Waals surface area (Å²) in [6.07, 6.45) is 3.73. The van der Waals surface area contributed by atoms with Crippen molar-refractivity contribution in [2.24, 2.45) is 0 Å². The van der Waals surface area contributed by atoms with Gasteiger partial charge in [0.05, 0.1) is 25.3 Å². The van der Waals surface area contributed by atoms with Gasteiger partial charge in [0.2, 0.25) is 0 Å². The van der Waals surface area contributed by atoms with Crippen molar-refractivity contribution >= 4 is 24.1 Å². The minimum atomic E-state index is -0.500. The summed E-state index contributed by atoms with van der Waals surface area (Å²) in [5, 5.41) is 0. The molecule has 0 aromatic heterocycles. The Morgan fingerprint density at radius 2 is 1.27 bits per heavy atom. The maximum absolute atomic E-state index is 11.7. The first-order chi connectivity index (χ1) is 10.6. The fourth-order valence-corrected chi connectivity index (χ4v) is 1.98. The number of methoxy groups -OCH3 is 2. The zero-order valence-electron chi connectivity index (χ0n) is 12.4. The minimum absolute atomic E-state index is 0.304. The Labute approximate surface area is 129 Å². The maximum Gasteiger partial charge on any atom is 0.337 e. The normalized spacial score (nSPS) is 10.5. The molecule has 0 saturated heterocycles. The molecular weight excluding hydrogens is 280 g/mol. The Hall–Kier alpha value is -2.88. The molecule has 0 aliphatic heterocycles. The Kier molecular flexibility index (Phi) is 5.09. The van der Waals surface area contributed by atoms with Crippen LogP contribution in [0.25, 0.3) is 12.2 Å². The number of benzene rings is 2. The standard InChI is InChI=1S/C18H16O4/c1-21-17(19)15-10-14(11-16(12-15)18(20)22-2)9-8-13-6-4-3-5-7-13/h3-12H,1-2H3. The van der Waals surface area contributed by atoms with Crippen molar-refractivity contribution in [3.05, 3.63) is 70.8 Å². The zero-order chi connectivity index (χ0) is 15.9. The average Bonchev–Trinajstić information content (AvgIpc) is 2.59. The van der Waals surface area contributed by atoms with E-state index in [0.29, 0.717) is 16.7 Å². The van der Waals surface area contributed by atoms with Crippen molar-refractivity contribution in [1.82, 2.24) is 0 Å². The quantitative estimate of drug-likeness (QED) is 0.640.